The van der Waals surface area contributed by atoms with Crippen LogP contribution in [0.25, 0.3) is 0 Å². The minimum absolute atomic E-state index is 0.00749. The molecule has 1 fully saturated rings. The first-order chi connectivity index (χ1) is 6.12. The Morgan fingerprint density at radius 2 is 2.00 bits per heavy atom. The second-order valence-corrected chi connectivity index (χ2v) is 3.54. The molecule has 0 bridgehead atoms. The number of nitrogens with zero attached hydrogens (tertiary/aromatic N) is 2. The summed E-state index contributed by atoms with van der Waals surface area (Å²) in [6.45, 7) is 3.69. The van der Waals surface area contributed by atoms with Crippen LogP contribution in [0.5, 0.6) is 0 Å². The van der Waals surface area contributed by atoms with Crippen molar-refractivity contribution >= 4 is 12.2 Å². The van der Waals surface area contributed by atoms with Gasteiger partial charge in [-0.2, -0.15) is 5.10 Å². The van der Waals surface area contributed by atoms with E-state index in [0.29, 0.717) is 0 Å². The maximum Gasteiger partial charge on any atom is 0.211 e. The predicted octanol–water partition coefficient (Wildman–Crippen LogP) is 0.0623. The molecule has 0 aromatic carbocycles. The Kier molecular flexibility index (Phi) is 3.25. The Bertz CT molecular complexity index is 214. The second-order valence-electron chi connectivity index (χ2n) is 3.54. The lowest BCUT2D eigenvalue weighted by Gasteiger charge is -2.28. The van der Waals surface area contributed by atoms with Crippen molar-refractivity contribution in [3.63, 3.8) is 0 Å². The van der Waals surface area contributed by atoms with Gasteiger partial charge in [-0.05, 0) is 12.8 Å². The van der Waals surface area contributed by atoms with E-state index in [9.17, 15) is 0 Å². The maximum atomic E-state index is 5.25. The van der Waals surface area contributed by atoms with E-state index < -0.39 is 0 Å². The first-order valence-electron chi connectivity index (χ1n) is 4.33. The van der Waals surface area contributed by atoms with Gasteiger partial charge in [-0.15, -0.1) is 5.10 Å². The minimum atomic E-state index is -0.00749. The van der Waals surface area contributed by atoms with Gasteiger partial charge in [0.1, 0.15) is 0 Å². The lowest BCUT2D eigenvalue weighted by molar-refractivity contribution is 0.0541. The fourth-order valence-electron chi connectivity index (χ4n) is 1.20. The van der Waals surface area contributed by atoms with Gasteiger partial charge in [0.25, 0.3) is 0 Å². The van der Waals surface area contributed by atoms with Crippen LogP contribution in [0.1, 0.15) is 19.8 Å². The van der Waals surface area contributed by atoms with Gasteiger partial charge in [-0.25, -0.2) is 0 Å². The summed E-state index contributed by atoms with van der Waals surface area (Å²) < 4.78 is 5.25. The lowest BCUT2D eigenvalue weighted by Crippen LogP contribution is -2.28. The highest BCUT2D eigenvalue weighted by Gasteiger charge is 2.25. The van der Waals surface area contributed by atoms with Gasteiger partial charge in [-0.1, -0.05) is 6.92 Å². The monoisotopic (exact) mass is 184 g/mol. The molecule has 0 atom stereocenters. The molecule has 0 aliphatic carbocycles. The van der Waals surface area contributed by atoms with E-state index in [1.807, 2.05) is 0 Å². The molecule has 0 spiro atoms. The molecule has 0 radical (unpaired) electrons. The Labute approximate surface area is 77.8 Å². The fraction of sp³-hybridized carbons (Fsp3) is 0.750. The Balaban J connectivity index is 2.49. The van der Waals surface area contributed by atoms with Crippen LogP contribution in [-0.4, -0.2) is 25.4 Å². The van der Waals surface area contributed by atoms with Crippen molar-refractivity contribution in [2.45, 2.75) is 19.8 Å². The van der Waals surface area contributed by atoms with E-state index in [1.54, 1.807) is 6.21 Å². The molecule has 0 amide bonds. The molecule has 0 saturated carbocycles. The summed E-state index contributed by atoms with van der Waals surface area (Å²) >= 11 is 0. The van der Waals surface area contributed by atoms with E-state index in [1.165, 1.54) is 0 Å². The van der Waals surface area contributed by atoms with E-state index >= 15 is 0 Å². The van der Waals surface area contributed by atoms with E-state index in [2.05, 4.69) is 17.1 Å². The van der Waals surface area contributed by atoms with Gasteiger partial charge >= 0.3 is 0 Å². The zero-order valence-corrected chi connectivity index (χ0v) is 7.86. The van der Waals surface area contributed by atoms with Crippen LogP contribution in [-0.2, 0) is 4.74 Å². The average Bonchev–Trinajstić information content (AvgIpc) is 2.04. The largest absolute Gasteiger partial charge is 0.381 e. The Morgan fingerprint density at radius 1 is 1.38 bits per heavy atom. The number of guanidine groups is 1. The first kappa shape index (κ1) is 9.98. The Morgan fingerprint density at radius 3 is 2.54 bits per heavy atom. The molecular formula is C8H16N4O. The molecule has 74 valence electrons. The van der Waals surface area contributed by atoms with Crippen molar-refractivity contribution in [3.05, 3.63) is 0 Å². The van der Waals surface area contributed by atoms with Crippen molar-refractivity contribution in [1.29, 1.82) is 0 Å². The number of ether oxygens (including phenoxy) is 1. The zero-order chi connectivity index (χ0) is 9.73. The molecule has 1 rings (SSSR count). The van der Waals surface area contributed by atoms with Gasteiger partial charge in [0.05, 0.1) is 0 Å². The third-order valence-electron chi connectivity index (χ3n) is 2.18. The predicted molar refractivity (Wildman–Crippen MR) is 52.5 cm³/mol. The highest BCUT2D eigenvalue weighted by Crippen LogP contribution is 2.27. The molecule has 13 heavy (non-hydrogen) atoms. The number of hydrogen-bond donors (Lipinski definition) is 2. The van der Waals surface area contributed by atoms with Crippen LogP contribution in [0.15, 0.2) is 10.2 Å². The quantitative estimate of drug-likeness (QED) is 0.361. The third kappa shape index (κ3) is 3.42. The molecule has 1 heterocycles. The average molecular weight is 184 g/mol. The van der Waals surface area contributed by atoms with Crippen molar-refractivity contribution in [3.8, 4) is 0 Å². The molecule has 0 aromatic heterocycles. The van der Waals surface area contributed by atoms with Gasteiger partial charge in [0.2, 0.25) is 5.96 Å². The van der Waals surface area contributed by atoms with E-state index in [-0.39, 0.29) is 11.4 Å². The second kappa shape index (κ2) is 4.23. The van der Waals surface area contributed by atoms with Gasteiger partial charge in [-0.3, -0.25) is 0 Å². The van der Waals surface area contributed by atoms with Crippen LogP contribution in [0.2, 0.25) is 0 Å². The highest BCUT2D eigenvalue weighted by molar-refractivity contribution is 5.76. The molecule has 1 saturated heterocycles. The fourth-order valence-corrected chi connectivity index (χ4v) is 1.20. The van der Waals surface area contributed by atoms with Crippen molar-refractivity contribution in [2.75, 3.05) is 13.2 Å². The van der Waals surface area contributed by atoms with Crippen LogP contribution < -0.4 is 11.5 Å². The summed E-state index contributed by atoms with van der Waals surface area (Å²) in [5, 5.41) is 7.39. The zero-order valence-electron chi connectivity index (χ0n) is 7.86. The smallest absolute Gasteiger partial charge is 0.211 e. The summed E-state index contributed by atoms with van der Waals surface area (Å²) in [7, 11) is 0. The number of rotatable bonds is 2. The number of nitrogens with two attached hydrogens (primary N) is 2. The molecule has 5 heteroatoms. The van der Waals surface area contributed by atoms with Gasteiger partial charge < -0.3 is 16.2 Å². The normalized spacial score (nSPS) is 21.6. The minimum Gasteiger partial charge on any atom is -0.381 e. The molecule has 1 aliphatic heterocycles. The van der Waals surface area contributed by atoms with Crippen LogP contribution in [0.3, 0.4) is 0 Å². The van der Waals surface area contributed by atoms with Crippen LogP contribution in [0, 0.1) is 5.41 Å². The molecule has 5 nitrogen and oxygen atoms in total. The summed E-state index contributed by atoms with van der Waals surface area (Å²) in [4.78, 5) is 0. The van der Waals surface area contributed by atoms with Gasteiger partial charge in [0.15, 0.2) is 0 Å². The van der Waals surface area contributed by atoms with Gasteiger partial charge in [0, 0.05) is 24.8 Å². The highest BCUT2D eigenvalue weighted by atomic mass is 16.5. The van der Waals surface area contributed by atoms with E-state index in [4.69, 9.17) is 16.2 Å². The van der Waals surface area contributed by atoms with Crippen molar-refractivity contribution < 1.29 is 4.74 Å². The third-order valence-corrected chi connectivity index (χ3v) is 2.18. The standard InChI is InChI=1S/C8H16N4O/c1-8(2-4-13-5-3-8)6-11-12-7(9)10/h6H,2-5H2,1H3,(H4,9,10,12)/b11-6+. The number of hydrogen-bond acceptors (Lipinski definition) is 3. The topological polar surface area (TPSA) is 86.0 Å². The summed E-state index contributed by atoms with van der Waals surface area (Å²) in [6.07, 6.45) is 3.74. The summed E-state index contributed by atoms with van der Waals surface area (Å²) in [5.41, 5.74) is 10.4. The maximum absolute atomic E-state index is 5.25. The van der Waals surface area contributed by atoms with Crippen LogP contribution >= 0.6 is 0 Å². The summed E-state index contributed by atoms with van der Waals surface area (Å²) in [6, 6.07) is 0. The molecule has 0 unspecified atom stereocenters. The molecule has 1 aliphatic rings. The first-order valence-corrected chi connectivity index (χ1v) is 4.33. The SMILES string of the molecule is CC1(/C=N/N=C(N)N)CCOCC1. The Hall–Kier alpha value is -1.10. The molecule has 0 aromatic rings. The van der Waals surface area contributed by atoms with Crippen LogP contribution in [0.4, 0.5) is 0 Å². The lowest BCUT2D eigenvalue weighted by atomic mass is 9.84. The summed E-state index contributed by atoms with van der Waals surface area (Å²) in [5.74, 6) is -0.00749. The molecular weight excluding hydrogens is 168 g/mol. The molecule has 4 N–H and O–H groups in total. The van der Waals surface area contributed by atoms with E-state index in [0.717, 1.165) is 26.1 Å². The van der Waals surface area contributed by atoms with Crippen molar-refractivity contribution in [2.24, 2.45) is 27.1 Å². The van der Waals surface area contributed by atoms with Crippen molar-refractivity contribution in [1.82, 2.24) is 0 Å².